The van der Waals surface area contributed by atoms with E-state index < -0.39 is 23.7 Å². The molecule has 2 aliphatic heterocycles. The first-order chi connectivity index (χ1) is 19.8. The summed E-state index contributed by atoms with van der Waals surface area (Å²) in [7, 11) is -0.445. The monoisotopic (exact) mass is 550 g/mol. The summed E-state index contributed by atoms with van der Waals surface area (Å²) in [5.74, 6) is 0. The lowest BCUT2D eigenvalue weighted by molar-refractivity contribution is 0.00578. The Bertz CT molecular complexity index is 1790. The van der Waals surface area contributed by atoms with Gasteiger partial charge in [0.1, 0.15) is 0 Å². The van der Waals surface area contributed by atoms with Crippen LogP contribution in [0, 0.1) is 0 Å². The van der Waals surface area contributed by atoms with E-state index in [9.17, 15) is 0 Å². The first-order valence-corrected chi connectivity index (χ1v) is 15.2. The van der Waals surface area contributed by atoms with Crippen molar-refractivity contribution >= 4 is 24.3 Å². The molecule has 0 N–H and O–H groups in total. The lowest BCUT2D eigenvalue weighted by atomic mass is 9.62. The van der Waals surface area contributed by atoms with Gasteiger partial charge in [0, 0.05) is 9.79 Å². The Balaban J connectivity index is 1.53. The van der Waals surface area contributed by atoms with Gasteiger partial charge in [0.2, 0.25) is 0 Å². The maximum atomic E-state index is 6.60. The third kappa shape index (κ3) is 3.42. The van der Waals surface area contributed by atoms with E-state index in [0.29, 0.717) is 0 Å². The highest BCUT2D eigenvalue weighted by Gasteiger charge is 2.53. The minimum Gasteiger partial charge on any atom is -0.399 e. The fraction of sp³-hybridized carbons (Fsp3) is 0.189. The normalized spacial score (nSPS) is 18.5. The van der Waals surface area contributed by atoms with Crippen molar-refractivity contribution < 1.29 is 9.31 Å². The van der Waals surface area contributed by atoms with Crippen molar-refractivity contribution in [3.8, 4) is 22.3 Å². The second-order valence-corrected chi connectivity index (χ2v) is 13.4. The zero-order valence-electron chi connectivity index (χ0n) is 23.8. The molecular weight excluding hydrogens is 519 g/mol. The molecule has 3 aliphatic rings. The summed E-state index contributed by atoms with van der Waals surface area (Å²) in [5, 5.41) is 0. The molecule has 0 bridgehead atoms. The van der Waals surface area contributed by atoms with Crippen molar-refractivity contribution in [3.63, 3.8) is 0 Å². The number of fused-ring (bicyclic) bond motifs is 11. The quantitative estimate of drug-likeness (QED) is 0.191. The highest BCUT2D eigenvalue weighted by atomic mass is 32.2. The summed E-state index contributed by atoms with van der Waals surface area (Å²) in [6.45, 7) is 8.48. The van der Waals surface area contributed by atoms with E-state index in [0.717, 1.165) is 5.46 Å². The van der Waals surface area contributed by atoms with E-state index in [-0.39, 0.29) is 0 Å². The summed E-state index contributed by atoms with van der Waals surface area (Å²) >= 11 is 1.87. The van der Waals surface area contributed by atoms with Crippen LogP contribution in [-0.2, 0) is 14.7 Å². The first kappa shape index (κ1) is 25.2. The summed E-state index contributed by atoms with van der Waals surface area (Å²) in [6, 6.07) is 42.6. The molecule has 0 unspecified atom stereocenters. The summed E-state index contributed by atoms with van der Waals surface area (Å²) in [6.07, 6.45) is 0. The zero-order valence-corrected chi connectivity index (χ0v) is 24.6. The molecule has 0 saturated carbocycles. The molecular formula is C37H31BO2S. The SMILES string of the molecule is CC1(C)OB(c2ccc3c(c2)C2(c4ccccc4Sc4ccccc42)c2ccccc2-c2ccccc2-3)OC1(C)C. The molecule has 0 radical (unpaired) electrons. The predicted octanol–water partition coefficient (Wildman–Crippen LogP) is 8.48. The molecule has 2 nitrogen and oxygen atoms in total. The molecule has 2 heterocycles. The van der Waals surface area contributed by atoms with Gasteiger partial charge in [-0.1, -0.05) is 115 Å². The van der Waals surface area contributed by atoms with Crippen molar-refractivity contribution in [1.82, 2.24) is 0 Å². The third-order valence-electron chi connectivity index (χ3n) is 9.61. The molecule has 1 fully saturated rings. The van der Waals surface area contributed by atoms with Crippen molar-refractivity contribution in [2.45, 2.75) is 54.1 Å². The van der Waals surface area contributed by atoms with Crippen LogP contribution in [0.1, 0.15) is 49.9 Å². The van der Waals surface area contributed by atoms with Crippen LogP contribution in [0.15, 0.2) is 125 Å². The van der Waals surface area contributed by atoms with Crippen molar-refractivity contribution in [2.24, 2.45) is 0 Å². The van der Waals surface area contributed by atoms with Gasteiger partial charge in [-0.25, -0.2) is 0 Å². The molecule has 1 spiro atoms. The molecule has 0 atom stereocenters. The van der Waals surface area contributed by atoms with E-state index in [1.807, 2.05) is 11.8 Å². The van der Waals surface area contributed by atoms with Gasteiger partial charge in [-0.05, 0) is 89.8 Å². The van der Waals surface area contributed by atoms with Crippen molar-refractivity contribution in [1.29, 1.82) is 0 Å². The Morgan fingerprint density at radius 3 is 1.54 bits per heavy atom. The van der Waals surface area contributed by atoms with Crippen LogP contribution in [0.5, 0.6) is 0 Å². The Hall–Kier alpha value is -3.57. The molecule has 0 aromatic heterocycles. The van der Waals surface area contributed by atoms with Gasteiger partial charge in [0.05, 0.1) is 16.6 Å². The maximum Gasteiger partial charge on any atom is 0.494 e. The van der Waals surface area contributed by atoms with E-state index in [2.05, 4.69) is 143 Å². The third-order valence-corrected chi connectivity index (χ3v) is 10.8. The smallest absolute Gasteiger partial charge is 0.399 e. The van der Waals surface area contributed by atoms with E-state index in [4.69, 9.17) is 9.31 Å². The van der Waals surface area contributed by atoms with Crippen LogP contribution in [0.2, 0.25) is 0 Å². The molecule has 1 aliphatic carbocycles. The highest BCUT2D eigenvalue weighted by molar-refractivity contribution is 7.99. The highest BCUT2D eigenvalue weighted by Crippen LogP contribution is 2.60. The largest absolute Gasteiger partial charge is 0.494 e. The van der Waals surface area contributed by atoms with Gasteiger partial charge in [0.15, 0.2) is 0 Å². The fourth-order valence-corrected chi connectivity index (χ4v) is 8.14. The summed E-state index contributed by atoms with van der Waals surface area (Å²) in [4.78, 5) is 2.58. The Morgan fingerprint density at radius 1 is 0.488 bits per heavy atom. The van der Waals surface area contributed by atoms with Gasteiger partial charge in [-0.2, -0.15) is 0 Å². The molecule has 5 aromatic rings. The second-order valence-electron chi connectivity index (χ2n) is 12.3. The van der Waals surface area contributed by atoms with Crippen molar-refractivity contribution in [2.75, 3.05) is 0 Å². The van der Waals surface area contributed by atoms with Gasteiger partial charge in [-0.15, -0.1) is 0 Å². The minimum atomic E-state index is -0.525. The predicted molar refractivity (Wildman–Crippen MR) is 169 cm³/mol. The average molecular weight is 551 g/mol. The summed E-state index contributed by atoms with van der Waals surface area (Å²) in [5.41, 5.74) is 9.92. The molecule has 1 saturated heterocycles. The standard InChI is InChI=1S/C37H31BO2S/c1-35(2)36(3,4)40-38(39-35)24-21-22-28-26-14-6-5-13-25(26)27-15-7-8-16-29(27)37(32(28)23-24)30-17-9-11-19-33(30)41-34-20-12-10-18-31(34)37/h5-23H,1-4H3. The van der Waals surface area contributed by atoms with Gasteiger partial charge < -0.3 is 9.31 Å². The Kier molecular flexibility index (Phi) is 5.35. The number of rotatable bonds is 1. The van der Waals surface area contributed by atoms with Crippen LogP contribution in [-0.4, -0.2) is 18.3 Å². The second kappa shape index (κ2) is 8.72. The minimum absolute atomic E-state index is 0.415. The van der Waals surface area contributed by atoms with E-state index in [1.54, 1.807) is 0 Å². The molecule has 41 heavy (non-hydrogen) atoms. The van der Waals surface area contributed by atoms with Gasteiger partial charge in [0.25, 0.3) is 0 Å². The van der Waals surface area contributed by atoms with Crippen LogP contribution >= 0.6 is 11.8 Å². The molecule has 5 aromatic carbocycles. The topological polar surface area (TPSA) is 18.5 Å². The Labute approximate surface area is 246 Å². The number of hydrogen-bond acceptors (Lipinski definition) is 3. The van der Waals surface area contributed by atoms with Crippen LogP contribution < -0.4 is 5.46 Å². The number of hydrogen-bond donors (Lipinski definition) is 0. The average Bonchev–Trinajstić information content (AvgIpc) is 3.15. The lowest BCUT2D eigenvalue weighted by Crippen LogP contribution is -2.41. The molecule has 0 amide bonds. The van der Waals surface area contributed by atoms with Crippen LogP contribution in [0.25, 0.3) is 22.3 Å². The maximum absolute atomic E-state index is 6.60. The van der Waals surface area contributed by atoms with E-state index >= 15 is 0 Å². The number of benzene rings is 5. The van der Waals surface area contributed by atoms with Gasteiger partial charge in [-0.3, -0.25) is 0 Å². The van der Waals surface area contributed by atoms with Gasteiger partial charge >= 0.3 is 7.12 Å². The molecule has 4 heteroatoms. The first-order valence-electron chi connectivity index (χ1n) is 14.4. The Morgan fingerprint density at radius 2 is 0.951 bits per heavy atom. The van der Waals surface area contributed by atoms with Crippen LogP contribution in [0.4, 0.5) is 0 Å². The fourth-order valence-electron chi connectivity index (χ4n) is 6.95. The van der Waals surface area contributed by atoms with E-state index in [1.165, 1.54) is 54.3 Å². The van der Waals surface area contributed by atoms with Crippen LogP contribution in [0.3, 0.4) is 0 Å². The van der Waals surface area contributed by atoms with Crippen molar-refractivity contribution in [3.05, 3.63) is 138 Å². The molecule has 200 valence electrons. The zero-order chi connectivity index (χ0) is 28.0. The summed E-state index contributed by atoms with van der Waals surface area (Å²) < 4.78 is 13.2. The lowest BCUT2D eigenvalue weighted by Gasteiger charge is -2.43. The molecule has 8 rings (SSSR count).